The molecule has 0 aliphatic heterocycles. The molecule has 0 spiro atoms. The second-order valence-electron chi connectivity index (χ2n) is 5.84. The molecule has 8 heteroatoms. The van der Waals surface area contributed by atoms with Crippen molar-refractivity contribution in [2.75, 3.05) is 31.9 Å². The number of rotatable bonds is 7. The number of benzene rings is 2. The highest BCUT2D eigenvalue weighted by molar-refractivity contribution is 6.16. The predicted molar refractivity (Wildman–Crippen MR) is 108 cm³/mol. The molecule has 1 aromatic heterocycles. The molecule has 0 bridgehead atoms. The van der Waals surface area contributed by atoms with Gasteiger partial charge in [0.2, 0.25) is 0 Å². The molecule has 0 aliphatic rings. The maximum absolute atomic E-state index is 12.5. The van der Waals surface area contributed by atoms with Crippen LogP contribution in [0.5, 0.6) is 11.5 Å². The molecule has 0 unspecified atom stereocenters. The van der Waals surface area contributed by atoms with Gasteiger partial charge in [-0.05, 0) is 31.2 Å². The molecule has 4 N–H and O–H groups in total. The summed E-state index contributed by atoms with van der Waals surface area (Å²) in [7, 11) is 3.16. The fraction of sp³-hybridized carbons (Fsp3) is 0.200. The first-order chi connectivity index (χ1) is 13.5. The molecular weight excluding hydrogens is 360 g/mol. The number of carbonyl (C=O) groups excluding carboxylic acids is 1. The van der Waals surface area contributed by atoms with Crippen LogP contribution in [-0.2, 0) is 9.53 Å². The van der Waals surface area contributed by atoms with Crippen LogP contribution in [0.4, 0.5) is 11.4 Å². The van der Waals surface area contributed by atoms with Gasteiger partial charge in [-0.15, -0.1) is 0 Å². The fourth-order valence-corrected chi connectivity index (χ4v) is 2.63. The molecule has 1 heterocycles. The molecule has 0 fully saturated rings. The quantitative estimate of drug-likeness (QED) is 0.327. The SMILES string of the molecule is CCOC(=O)/C(=C/Nc1ccc(OC)cc1N)c1nc2ccc(OC)cc2[nH]1. The summed E-state index contributed by atoms with van der Waals surface area (Å²) in [5.74, 6) is 1.20. The lowest BCUT2D eigenvalue weighted by molar-refractivity contribution is -0.136. The van der Waals surface area contributed by atoms with Crippen LogP contribution >= 0.6 is 0 Å². The number of aromatic amines is 1. The van der Waals surface area contributed by atoms with Crippen molar-refractivity contribution in [3.8, 4) is 11.5 Å². The summed E-state index contributed by atoms with van der Waals surface area (Å²) in [6.45, 7) is 1.99. The minimum absolute atomic E-state index is 0.243. The summed E-state index contributed by atoms with van der Waals surface area (Å²) in [5.41, 5.74) is 8.82. The molecule has 0 radical (unpaired) electrons. The largest absolute Gasteiger partial charge is 0.497 e. The maximum Gasteiger partial charge on any atom is 0.343 e. The normalized spacial score (nSPS) is 11.3. The molecule has 146 valence electrons. The number of nitrogens with two attached hydrogens (primary N) is 1. The molecule has 8 nitrogen and oxygen atoms in total. The Morgan fingerprint density at radius 1 is 1.18 bits per heavy atom. The Kier molecular flexibility index (Phi) is 5.69. The number of carbonyl (C=O) groups is 1. The van der Waals surface area contributed by atoms with Crippen molar-refractivity contribution in [2.45, 2.75) is 6.92 Å². The van der Waals surface area contributed by atoms with Gasteiger partial charge in [0.1, 0.15) is 22.9 Å². The Bertz CT molecular complexity index is 1030. The van der Waals surface area contributed by atoms with Gasteiger partial charge in [0.25, 0.3) is 0 Å². The standard InChI is InChI=1S/C20H22N4O4/c1-4-28-20(25)14(11-22-16-7-5-12(26-2)9-15(16)21)19-23-17-8-6-13(27-3)10-18(17)24-19/h5-11,22H,4,21H2,1-3H3,(H,23,24)/b14-11+. The van der Waals surface area contributed by atoms with E-state index in [0.29, 0.717) is 34.2 Å². The van der Waals surface area contributed by atoms with E-state index in [2.05, 4.69) is 15.3 Å². The Labute approximate surface area is 162 Å². The van der Waals surface area contributed by atoms with E-state index in [1.165, 1.54) is 6.20 Å². The lowest BCUT2D eigenvalue weighted by Gasteiger charge is -2.09. The van der Waals surface area contributed by atoms with E-state index >= 15 is 0 Å². The topological polar surface area (TPSA) is 111 Å². The fourth-order valence-electron chi connectivity index (χ4n) is 2.63. The first-order valence-corrected chi connectivity index (χ1v) is 8.67. The second kappa shape index (κ2) is 8.34. The Hall–Kier alpha value is -3.68. The second-order valence-corrected chi connectivity index (χ2v) is 5.84. The summed E-state index contributed by atoms with van der Waals surface area (Å²) in [4.78, 5) is 20.1. The maximum atomic E-state index is 12.5. The van der Waals surface area contributed by atoms with Crippen LogP contribution in [0.3, 0.4) is 0 Å². The molecule has 0 aliphatic carbocycles. The lowest BCUT2D eigenvalue weighted by atomic mass is 10.2. The van der Waals surface area contributed by atoms with E-state index in [4.69, 9.17) is 19.9 Å². The highest BCUT2D eigenvalue weighted by Crippen LogP contribution is 2.26. The molecular formula is C20H22N4O4. The van der Waals surface area contributed by atoms with Gasteiger partial charge >= 0.3 is 5.97 Å². The van der Waals surface area contributed by atoms with Crippen molar-refractivity contribution in [1.82, 2.24) is 9.97 Å². The number of fused-ring (bicyclic) bond motifs is 1. The van der Waals surface area contributed by atoms with E-state index in [9.17, 15) is 4.79 Å². The number of imidazole rings is 1. The number of hydrogen-bond acceptors (Lipinski definition) is 7. The third kappa shape index (κ3) is 4.01. The van der Waals surface area contributed by atoms with Crippen molar-refractivity contribution in [1.29, 1.82) is 0 Å². The van der Waals surface area contributed by atoms with Crippen molar-refractivity contribution in [2.24, 2.45) is 0 Å². The van der Waals surface area contributed by atoms with Crippen LogP contribution in [0.25, 0.3) is 16.6 Å². The van der Waals surface area contributed by atoms with E-state index in [-0.39, 0.29) is 12.2 Å². The molecule has 28 heavy (non-hydrogen) atoms. The molecule has 3 rings (SSSR count). The highest BCUT2D eigenvalue weighted by Gasteiger charge is 2.18. The molecule has 3 aromatic rings. The Balaban J connectivity index is 1.97. The van der Waals surface area contributed by atoms with Crippen LogP contribution < -0.4 is 20.5 Å². The van der Waals surface area contributed by atoms with Crippen LogP contribution in [0.1, 0.15) is 12.7 Å². The highest BCUT2D eigenvalue weighted by atomic mass is 16.5. The van der Waals surface area contributed by atoms with Gasteiger partial charge in [-0.1, -0.05) is 0 Å². The summed E-state index contributed by atoms with van der Waals surface area (Å²) < 4.78 is 15.5. The molecule has 0 saturated carbocycles. The zero-order valence-corrected chi connectivity index (χ0v) is 15.9. The molecule has 0 saturated heterocycles. The Morgan fingerprint density at radius 2 is 1.89 bits per heavy atom. The number of hydrogen-bond donors (Lipinski definition) is 3. The first kappa shape index (κ1) is 19.1. The van der Waals surface area contributed by atoms with Gasteiger partial charge in [0, 0.05) is 18.3 Å². The van der Waals surface area contributed by atoms with E-state index in [0.717, 1.165) is 5.52 Å². The van der Waals surface area contributed by atoms with Gasteiger partial charge in [-0.3, -0.25) is 0 Å². The van der Waals surface area contributed by atoms with Crippen molar-refractivity contribution in [3.05, 3.63) is 48.4 Å². The molecule has 0 atom stereocenters. The van der Waals surface area contributed by atoms with Gasteiger partial charge in [-0.25, -0.2) is 9.78 Å². The van der Waals surface area contributed by atoms with Crippen molar-refractivity contribution < 1.29 is 19.0 Å². The van der Waals surface area contributed by atoms with E-state index < -0.39 is 5.97 Å². The first-order valence-electron chi connectivity index (χ1n) is 8.67. The zero-order valence-electron chi connectivity index (χ0n) is 15.9. The lowest BCUT2D eigenvalue weighted by Crippen LogP contribution is -2.10. The van der Waals surface area contributed by atoms with Crippen molar-refractivity contribution in [3.63, 3.8) is 0 Å². The van der Waals surface area contributed by atoms with Gasteiger partial charge < -0.3 is 30.2 Å². The number of methoxy groups -OCH3 is 2. The summed E-state index contributed by atoms with van der Waals surface area (Å²) in [6, 6.07) is 10.6. The monoisotopic (exact) mass is 382 g/mol. The number of aromatic nitrogens is 2. The number of nitrogen functional groups attached to an aromatic ring is 1. The van der Waals surface area contributed by atoms with Gasteiger partial charge in [-0.2, -0.15) is 0 Å². The number of anilines is 2. The van der Waals surface area contributed by atoms with Crippen LogP contribution in [0.2, 0.25) is 0 Å². The number of esters is 1. The van der Waals surface area contributed by atoms with Gasteiger partial charge in [0.05, 0.1) is 43.2 Å². The minimum Gasteiger partial charge on any atom is -0.497 e. The van der Waals surface area contributed by atoms with Crippen LogP contribution in [-0.4, -0.2) is 36.8 Å². The number of nitrogens with one attached hydrogen (secondary N) is 2. The van der Waals surface area contributed by atoms with Crippen LogP contribution in [0.15, 0.2) is 42.6 Å². The van der Waals surface area contributed by atoms with Crippen molar-refractivity contribution >= 4 is 34.0 Å². The number of nitrogens with zero attached hydrogens (tertiary/aromatic N) is 1. The van der Waals surface area contributed by atoms with Gasteiger partial charge in [0.15, 0.2) is 0 Å². The third-order valence-electron chi connectivity index (χ3n) is 4.07. The zero-order chi connectivity index (χ0) is 20.1. The number of ether oxygens (including phenoxy) is 3. The molecule has 2 aromatic carbocycles. The van der Waals surface area contributed by atoms with E-state index in [1.54, 1.807) is 45.4 Å². The average molecular weight is 382 g/mol. The smallest absolute Gasteiger partial charge is 0.343 e. The minimum atomic E-state index is -0.506. The number of H-pyrrole nitrogens is 1. The average Bonchev–Trinajstić information content (AvgIpc) is 3.12. The summed E-state index contributed by atoms with van der Waals surface area (Å²) in [5, 5.41) is 3.04. The molecule has 0 amide bonds. The third-order valence-corrected chi connectivity index (χ3v) is 4.07. The van der Waals surface area contributed by atoms with Crippen LogP contribution in [0, 0.1) is 0 Å². The summed E-state index contributed by atoms with van der Waals surface area (Å²) in [6.07, 6.45) is 1.52. The predicted octanol–water partition coefficient (Wildman–Crippen LogP) is 3.18. The van der Waals surface area contributed by atoms with E-state index in [1.807, 2.05) is 12.1 Å². The Morgan fingerprint density at radius 3 is 2.57 bits per heavy atom. The summed E-state index contributed by atoms with van der Waals surface area (Å²) >= 11 is 0.